The van der Waals surface area contributed by atoms with Gasteiger partial charge in [-0.1, -0.05) is 23.5 Å². The van der Waals surface area contributed by atoms with E-state index in [0.717, 1.165) is 26.4 Å². The number of aromatic nitrogens is 3. The molecule has 1 aliphatic rings. The van der Waals surface area contributed by atoms with Crippen LogP contribution in [-0.4, -0.2) is 58.2 Å². The molecule has 0 spiro atoms. The van der Waals surface area contributed by atoms with Crippen LogP contribution in [-0.2, 0) is 0 Å². The van der Waals surface area contributed by atoms with E-state index in [2.05, 4.69) is 25.8 Å². The number of carbonyl (C=O) groups is 1. The van der Waals surface area contributed by atoms with Gasteiger partial charge in [0.15, 0.2) is 0 Å². The zero-order valence-corrected chi connectivity index (χ0v) is 17.3. The SMILES string of the molecule is Cc1nnc(-c2ccc3cnc(NC(=O)N4CCC(NCC(F)F)CC4)cc3c2)s1. The first kappa shape index (κ1) is 20.5. The summed E-state index contributed by atoms with van der Waals surface area (Å²) in [5, 5.41) is 17.6. The molecule has 0 radical (unpaired) electrons. The Labute approximate surface area is 176 Å². The zero-order valence-electron chi connectivity index (χ0n) is 16.4. The number of nitrogens with zero attached hydrogens (tertiary/aromatic N) is 4. The van der Waals surface area contributed by atoms with Crippen molar-refractivity contribution in [2.24, 2.45) is 0 Å². The number of hydrogen-bond acceptors (Lipinski definition) is 6. The Kier molecular flexibility index (Phi) is 6.14. The first-order valence-corrected chi connectivity index (χ1v) is 10.6. The standard InChI is InChI=1S/C20H22F2N6OS/c1-12-26-27-19(30-12)13-2-3-14-10-24-18(9-15(14)8-13)25-20(29)28-6-4-16(5-7-28)23-11-17(21)22/h2-3,8-10,16-17,23H,4-7,11H2,1H3,(H,24,25,29). The van der Waals surface area contributed by atoms with E-state index in [1.54, 1.807) is 11.1 Å². The van der Waals surface area contributed by atoms with Gasteiger partial charge in [-0.25, -0.2) is 18.6 Å². The van der Waals surface area contributed by atoms with Crippen molar-refractivity contribution >= 4 is 34.0 Å². The molecule has 2 N–H and O–H groups in total. The van der Waals surface area contributed by atoms with Gasteiger partial charge in [0.25, 0.3) is 6.43 Å². The smallest absolute Gasteiger partial charge is 0.323 e. The van der Waals surface area contributed by atoms with E-state index in [1.165, 1.54) is 11.3 Å². The van der Waals surface area contributed by atoms with Crippen molar-refractivity contribution in [3.8, 4) is 10.6 Å². The second kappa shape index (κ2) is 8.97. The van der Waals surface area contributed by atoms with Crippen LogP contribution in [0.4, 0.5) is 19.4 Å². The number of benzene rings is 1. The molecule has 3 heterocycles. The third-order valence-electron chi connectivity index (χ3n) is 5.07. The van der Waals surface area contributed by atoms with Gasteiger partial charge in [-0.15, -0.1) is 10.2 Å². The van der Waals surface area contributed by atoms with Crippen molar-refractivity contribution in [3.05, 3.63) is 35.5 Å². The number of carbonyl (C=O) groups excluding carboxylic acids is 1. The number of piperidine rings is 1. The Hall–Kier alpha value is -2.72. The number of likely N-dealkylation sites (tertiary alicyclic amines) is 1. The summed E-state index contributed by atoms with van der Waals surface area (Å²) in [5.74, 6) is 0.469. The number of rotatable bonds is 5. The molecule has 30 heavy (non-hydrogen) atoms. The molecule has 1 aliphatic heterocycles. The third kappa shape index (κ3) is 4.88. The van der Waals surface area contributed by atoms with Crippen LogP contribution in [0.3, 0.4) is 0 Å². The van der Waals surface area contributed by atoms with Gasteiger partial charge in [0.05, 0.1) is 6.54 Å². The average Bonchev–Trinajstić information content (AvgIpc) is 3.18. The summed E-state index contributed by atoms with van der Waals surface area (Å²) in [6, 6.07) is 7.58. The summed E-state index contributed by atoms with van der Waals surface area (Å²) < 4.78 is 24.6. The Balaban J connectivity index is 1.40. The zero-order chi connectivity index (χ0) is 21.1. The van der Waals surface area contributed by atoms with Crippen LogP contribution in [0.25, 0.3) is 21.3 Å². The molecule has 0 unspecified atom stereocenters. The molecule has 2 amide bonds. The van der Waals surface area contributed by atoms with Gasteiger partial charge in [-0.2, -0.15) is 0 Å². The number of alkyl halides is 2. The number of nitrogens with one attached hydrogen (secondary N) is 2. The minimum atomic E-state index is -2.36. The Morgan fingerprint density at radius 3 is 2.73 bits per heavy atom. The second-order valence-corrected chi connectivity index (χ2v) is 8.43. The average molecular weight is 433 g/mol. The lowest BCUT2D eigenvalue weighted by atomic mass is 10.1. The van der Waals surface area contributed by atoms with Crippen molar-refractivity contribution in [2.45, 2.75) is 32.2 Å². The molecular weight excluding hydrogens is 410 g/mol. The van der Waals surface area contributed by atoms with Crippen LogP contribution >= 0.6 is 11.3 Å². The van der Waals surface area contributed by atoms with Gasteiger partial charge in [0.1, 0.15) is 15.8 Å². The van der Waals surface area contributed by atoms with Crippen LogP contribution in [0, 0.1) is 6.92 Å². The normalized spacial score (nSPS) is 15.1. The summed E-state index contributed by atoms with van der Waals surface area (Å²) >= 11 is 1.53. The Morgan fingerprint density at radius 1 is 1.23 bits per heavy atom. The van der Waals surface area contributed by atoms with Crippen molar-refractivity contribution in [1.82, 2.24) is 25.4 Å². The van der Waals surface area contributed by atoms with Crippen molar-refractivity contribution in [2.75, 3.05) is 25.0 Å². The number of anilines is 1. The molecule has 158 valence electrons. The van der Waals surface area contributed by atoms with Crippen molar-refractivity contribution in [3.63, 3.8) is 0 Å². The van der Waals surface area contributed by atoms with Gasteiger partial charge in [0, 0.05) is 36.3 Å². The van der Waals surface area contributed by atoms with Gasteiger partial charge in [-0.3, -0.25) is 5.32 Å². The van der Waals surface area contributed by atoms with Crippen LogP contribution < -0.4 is 10.6 Å². The molecule has 0 bridgehead atoms. The quantitative estimate of drug-likeness (QED) is 0.639. The molecule has 1 saturated heterocycles. The highest BCUT2D eigenvalue weighted by Crippen LogP contribution is 2.27. The summed E-state index contributed by atoms with van der Waals surface area (Å²) in [5.41, 5.74) is 0.968. The maximum Gasteiger partial charge on any atom is 0.323 e. The largest absolute Gasteiger partial charge is 0.324 e. The topological polar surface area (TPSA) is 83.0 Å². The molecule has 10 heteroatoms. The van der Waals surface area contributed by atoms with E-state index in [-0.39, 0.29) is 18.6 Å². The van der Waals surface area contributed by atoms with Crippen molar-refractivity contribution < 1.29 is 13.6 Å². The second-order valence-electron chi connectivity index (χ2n) is 7.25. The van der Waals surface area contributed by atoms with E-state index in [0.29, 0.717) is 31.7 Å². The fourth-order valence-electron chi connectivity index (χ4n) is 3.49. The van der Waals surface area contributed by atoms with E-state index in [4.69, 9.17) is 0 Å². The van der Waals surface area contributed by atoms with Crippen LogP contribution in [0.15, 0.2) is 30.5 Å². The number of pyridine rings is 1. The number of hydrogen-bond donors (Lipinski definition) is 2. The highest BCUT2D eigenvalue weighted by Gasteiger charge is 2.23. The predicted octanol–water partition coefficient (Wildman–Crippen LogP) is 3.91. The minimum Gasteiger partial charge on any atom is -0.324 e. The number of fused-ring (bicyclic) bond motifs is 1. The summed E-state index contributed by atoms with van der Waals surface area (Å²) in [6.45, 7) is 2.63. The summed E-state index contributed by atoms with van der Waals surface area (Å²) in [4.78, 5) is 18.6. The maximum atomic E-state index is 12.6. The van der Waals surface area contributed by atoms with Crippen molar-refractivity contribution in [1.29, 1.82) is 0 Å². The molecule has 0 atom stereocenters. The number of aryl methyl sites for hydroxylation is 1. The third-order valence-corrected chi connectivity index (χ3v) is 5.96. The van der Waals surface area contributed by atoms with Gasteiger partial charge in [-0.05, 0) is 37.3 Å². The lowest BCUT2D eigenvalue weighted by Gasteiger charge is -2.32. The first-order chi connectivity index (χ1) is 14.5. The fourth-order valence-corrected chi connectivity index (χ4v) is 4.17. The van der Waals surface area contributed by atoms with E-state index in [1.807, 2.05) is 31.2 Å². The monoisotopic (exact) mass is 432 g/mol. The molecule has 0 saturated carbocycles. The Morgan fingerprint density at radius 2 is 2.03 bits per heavy atom. The summed E-state index contributed by atoms with van der Waals surface area (Å²) in [6.07, 6.45) is 0.661. The molecule has 1 fully saturated rings. The molecule has 1 aromatic carbocycles. The molecular formula is C20H22F2N6OS. The van der Waals surface area contributed by atoms with Crippen LogP contribution in [0.5, 0.6) is 0 Å². The fraction of sp³-hybridized carbons (Fsp3) is 0.400. The highest BCUT2D eigenvalue weighted by molar-refractivity contribution is 7.14. The van der Waals surface area contributed by atoms with E-state index >= 15 is 0 Å². The molecule has 3 aromatic rings. The number of halogens is 2. The highest BCUT2D eigenvalue weighted by atomic mass is 32.1. The van der Waals surface area contributed by atoms with Gasteiger partial charge >= 0.3 is 6.03 Å². The Bertz CT molecular complexity index is 1040. The summed E-state index contributed by atoms with van der Waals surface area (Å²) in [7, 11) is 0. The number of amides is 2. The maximum absolute atomic E-state index is 12.6. The van der Waals surface area contributed by atoms with Crippen LogP contribution in [0.2, 0.25) is 0 Å². The number of urea groups is 1. The molecule has 2 aromatic heterocycles. The minimum absolute atomic E-state index is 0.0178. The lowest BCUT2D eigenvalue weighted by Crippen LogP contribution is -2.47. The van der Waals surface area contributed by atoms with Gasteiger partial charge in [0.2, 0.25) is 0 Å². The van der Waals surface area contributed by atoms with Crippen LogP contribution in [0.1, 0.15) is 17.8 Å². The predicted molar refractivity (Wildman–Crippen MR) is 113 cm³/mol. The molecule has 0 aliphatic carbocycles. The van der Waals surface area contributed by atoms with Gasteiger partial charge < -0.3 is 10.2 Å². The molecule has 4 rings (SSSR count). The van der Waals surface area contributed by atoms with E-state index in [9.17, 15) is 13.6 Å². The molecule has 7 nitrogen and oxygen atoms in total. The van der Waals surface area contributed by atoms with E-state index < -0.39 is 6.43 Å². The lowest BCUT2D eigenvalue weighted by molar-refractivity contribution is 0.132. The first-order valence-electron chi connectivity index (χ1n) is 9.75.